The monoisotopic (exact) mass is 165 g/mol. The average molecular weight is 165 g/mol. The lowest BCUT2D eigenvalue weighted by atomic mass is 10.2. The van der Waals surface area contributed by atoms with Gasteiger partial charge >= 0.3 is 0 Å². The van der Waals surface area contributed by atoms with Gasteiger partial charge in [0.15, 0.2) is 0 Å². The number of rotatable bonds is 1. The molecule has 0 amide bonds. The van der Waals surface area contributed by atoms with Crippen LogP contribution in [0.25, 0.3) is 0 Å². The lowest BCUT2D eigenvalue weighted by molar-refractivity contribution is 0.555. The van der Waals surface area contributed by atoms with E-state index in [2.05, 4.69) is 21.9 Å². The van der Waals surface area contributed by atoms with Gasteiger partial charge in [-0.1, -0.05) is 12.1 Å². The van der Waals surface area contributed by atoms with Crippen molar-refractivity contribution in [2.45, 2.75) is 6.17 Å². The van der Waals surface area contributed by atoms with Gasteiger partial charge in [0, 0.05) is 5.69 Å². The number of hydrogen-bond donors (Lipinski definition) is 5. The van der Waals surface area contributed by atoms with Crippen LogP contribution in [0.4, 0.5) is 5.69 Å². The van der Waals surface area contributed by atoms with Gasteiger partial charge in [0.1, 0.15) is 6.17 Å². The van der Waals surface area contributed by atoms with Crippen LogP contribution in [-0.4, -0.2) is 0 Å². The topological polar surface area (TPSA) is 74.1 Å². The van der Waals surface area contributed by atoms with E-state index in [4.69, 9.17) is 5.73 Å². The van der Waals surface area contributed by atoms with E-state index in [1.54, 1.807) is 0 Å². The molecule has 0 spiro atoms. The molecule has 1 saturated heterocycles. The van der Waals surface area contributed by atoms with Crippen LogP contribution >= 0.6 is 0 Å². The summed E-state index contributed by atoms with van der Waals surface area (Å²) in [6.45, 7) is 0. The molecule has 0 bridgehead atoms. The smallest absolute Gasteiger partial charge is 0.111 e. The van der Waals surface area contributed by atoms with Crippen LogP contribution in [0.3, 0.4) is 0 Å². The van der Waals surface area contributed by atoms with Gasteiger partial charge in [-0.15, -0.1) is 0 Å². The Kier molecular flexibility index (Phi) is 1.92. The van der Waals surface area contributed by atoms with Crippen molar-refractivity contribution in [2.24, 2.45) is 0 Å². The van der Waals surface area contributed by atoms with Crippen LogP contribution < -0.4 is 27.7 Å². The van der Waals surface area contributed by atoms with E-state index in [1.807, 2.05) is 24.3 Å². The van der Waals surface area contributed by atoms with Crippen LogP contribution in [0, 0.1) is 0 Å². The molecule has 6 N–H and O–H groups in total. The quantitative estimate of drug-likeness (QED) is 0.359. The number of nitrogen functional groups attached to an aromatic ring is 1. The highest BCUT2D eigenvalue weighted by Crippen LogP contribution is 2.12. The zero-order chi connectivity index (χ0) is 8.39. The first-order valence-corrected chi connectivity index (χ1v) is 3.73. The van der Waals surface area contributed by atoms with E-state index in [-0.39, 0.29) is 6.17 Å². The molecule has 2 rings (SSSR count). The normalized spacial score (nSPS) is 18.3. The molecule has 1 aliphatic rings. The van der Waals surface area contributed by atoms with E-state index in [9.17, 15) is 0 Å². The van der Waals surface area contributed by atoms with Gasteiger partial charge in [-0.25, -0.2) is 10.9 Å². The molecule has 0 unspecified atom stereocenters. The van der Waals surface area contributed by atoms with Gasteiger partial charge in [0.2, 0.25) is 0 Å². The Labute approximate surface area is 70.2 Å². The Hall–Kier alpha value is -1.14. The minimum absolute atomic E-state index is 0.0885. The average Bonchev–Trinajstić information content (AvgIpc) is 2.58. The van der Waals surface area contributed by atoms with Crippen LogP contribution in [-0.2, 0) is 0 Å². The van der Waals surface area contributed by atoms with Gasteiger partial charge in [-0.2, -0.15) is 11.1 Å². The van der Waals surface area contributed by atoms with Gasteiger partial charge in [0.25, 0.3) is 0 Å². The summed E-state index contributed by atoms with van der Waals surface area (Å²) >= 11 is 0. The van der Waals surface area contributed by atoms with Crippen molar-refractivity contribution >= 4 is 5.69 Å². The molecular formula is C7H11N5. The van der Waals surface area contributed by atoms with Gasteiger partial charge in [-0.3, -0.25) is 0 Å². The number of benzene rings is 1. The predicted octanol–water partition coefficient (Wildman–Crippen LogP) is -0.616. The Balaban J connectivity index is 2.17. The second-order valence-corrected chi connectivity index (χ2v) is 2.64. The molecule has 1 aromatic rings. The zero-order valence-electron chi connectivity index (χ0n) is 6.46. The molecular weight excluding hydrogens is 154 g/mol. The third-order valence-corrected chi connectivity index (χ3v) is 1.77. The maximum absolute atomic E-state index is 5.55. The van der Waals surface area contributed by atoms with Gasteiger partial charge in [0.05, 0.1) is 0 Å². The van der Waals surface area contributed by atoms with E-state index in [1.165, 1.54) is 0 Å². The largest absolute Gasteiger partial charge is 0.399 e. The first-order chi connectivity index (χ1) is 5.86. The molecule has 0 radical (unpaired) electrons. The molecule has 1 heterocycles. The molecule has 0 aliphatic carbocycles. The van der Waals surface area contributed by atoms with E-state index >= 15 is 0 Å². The molecule has 5 nitrogen and oxygen atoms in total. The van der Waals surface area contributed by atoms with Gasteiger partial charge in [-0.05, 0) is 17.7 Å². The highest BCUT2D eigenvalue weighted by atomic mass is 15.8. The Morgan fingerprint density at radius 1 is 1.00 bits per heavy atom. The predicted molar refractivity (Wildman–Crippen MR) is 46.1 cm³/mol. The molecule has 5 heteroatoms. The summed E-state index contributed by atoms with van der Waals surface area (Å²) in [4.78, 5) is 0. The fraction of sp³-hybridized carbons (Fsp3) is 0.143. The summed E-state index contributed by atoms with van der Waals surface area (Å²) in [6, 6.07) is 7.68. The third-order valence-electron chi connectivity index (χ3n) is 1.77. The summed E-state index contributed by atoms with van der Waals surface area (Å²) in [5.41, 5.74) is 18.9. The highest BCUT2D eigenvalue weighted by molar-refractivity contribution is 5.40. The first-order valence-electron chi connectivity index (χ1n) is 3.73. The van der Waals surface area contributed by atoms with Crippen LogP contribution in [0.5, 0.6) is 0 Å². The molecule has 1 fully saturated rings. The Morgan fingerprint density at radius 3 is 2.17 bits per heavy atom. The van der Waals surface area contributed by atoms with E-state index < -0.39 is 0 Å². The second-order valence-electron chi connectivity index (χ2n) is 2.64. The molecule has 0 aromatic heterocycles. The van der Waals surface area contributed by atoms with E-state index in [0.717, 1.165) is 11.3 Å². The maximum Gasteiger partial charge on any atom is 0.111 e. The molecule has 1 aliphatic heterocycles. The van der Waals surface area contributed by atoms with Crippen molar-refractivity contribution in [1.82, 2.24) is 21.9 Å². The SMILES string of the molecule is Nc1ccc(C2NNNN2)cc1. The van der Waals surface area contributed by atoms with Crippen molar-refractivity contribution in [3.63, 3.8) is 0 Å². The molecule has 64 valence electrons. The third kappa shape index (κ3) is 1.39. The summed E-state index contributed by atoms with van der Waals surface area (Å²) in [5, 5.41) is 0. The Bertz CT molecular complexity index is 251. The van der Waals surface area contributed by atoms with E-state index in [0.29, 0.717) is 0 Å². The first kappa shape index (κ1) is 7.51. The number of anilines is 1. The lowest BCUT2D eigenvalue weighted by Gasteiger charge is -2.08. The lowest BCUT2D eigenvalue weighted by Crippen LogP contribution is -2.33. The summed E-state index contributed by atoms with van der Waals surface area (Å²) in [5.74, 6) is 0. The number of nitrogens with two attached hydrogens (primary N) is 1. The summed E-state index contributed by atoms with van der Waals surface area (Å²) in [7, 11) is 0. The minimum Gasteiger partial charge on any atom is -0.399 e. The molecule has 0 atom stereocenters. The van der Waals surface area contributed by atoms with Gasteiger partial charge < -0.3 is 5.73 Å². The molecule has 0 saturated carbocycles. The number of nitrogens with one attached hydrogen (secondary N) is 4. The van der Waals surface area contributed by atoms with Crippen molar-refractivity contribution < 1.29 is 0 Å². The van der Waals surface area contributed by atoms with Crippen molar-refractivity contribution in [3.8, 4) is 0 Å². The van der Waals surface area contributed by atoms with Crippen molar-refractivity contribution in [3.05, 3.63) is 29.8 Å². The summed E-state index contributed by atoms with van der Waals surface area (Å²) in [6.07, 6.45) is 0.0885. The Morgan fingerprint density at radius 2 is 1.58 bits per heavy atom. The fourth-order valence-corrected chi connectivity index (χ4v) is 1.11. The van der Waals surface area contributed by atoms with Crippen LogP contribution in [0.1, 0.15) is 11.7 Å². The van der Waals surface area contributed by atoms with Crippen LogP contribution in [0.2, 0.25) is 0 Å². The maximum atomic E-state index is 5.55. The highest BCUT2D eigenvalue weighted by Gasteiger charge is 2.13. The second kappa shape index (κ2) is 3.08. The summed E-state index contributed by atoms with van der Waals surface area (Å²) < 4.78 is 0. The zero-order valence-corrected chi connectivity index (χ0v) is 6.46. The standard InChI is InChI=1S/C7H11N5/c8-6-3-1-5(2-4-6)7-9-11-12-10-7/h1-4,7,9-12H,8H2. The fourth-order valence-electron chi connectivity index (χ4n) is 1.11. The number of hydrazine groups is 3. The van der Waals surface area contributed by atoms with Crippen molar-refractivity contribution in [2.75, 3.05) is 5.73 Å². The molecule has 1 aromatic carbocycles. The van der Waals surface area contributed by atoms with Crippen molar-refractivity contribution in [1.29, 1.82) is 0 Å². The molecule has 12 heavy (non-hydrogen) atoms. The van der Waals surface area contributed by atoms with Crippen LogP contribution in [0.15, 0.2) is 24.3 Å². The number of hydrogen-bond acceptors (Lipinski definition) is 5. The minimum atomic E-state index is 0.0885.